The van der Waals surface area contributed by atoms with E-state index in [-0.39, 0.29) is 12.3 Å². The minimum absolute atomic E-state index is 0.280. The van der Waals surface area contributed by atoms with E-state index in [1.165, 1.54) is 0 Å². The van der Waals surface area contributed by atoms with Crippen LogP contribution in [0.4, 0.5) is 0 Å². The second kappa shape index (κ2) is 10.7. The summed E-state index contributed by atoms with van der Waals surface area (Å²) >= 11 is 0. The van der Waals surface area contributed by atoms with E-state index in [9.17, 15) is 5.11 Å². The highest BCUT2D eigenvalue weighted by Gasteiger charge is 2.16. The van der Waals surface area contributed by atoms with Gasteiger partial charge in [-0.2, -0.15) is 0 Å². The van der Waals surface area contributed by atoms with E-state index in [2.05, 4.69) is 5.32 Å². The molecule has 1 aromatic carbocycles. The van der Waals surface area contributed by atoms with Gasteiger partial charge in [0.05, 0.1) is 6.10 Å². The molecule has 21 heavy (non-hydrogen) atoms. The largest absolute Gasteiger partial charge is 0.390 e. The lowest BCUT2D eigenvalue weighted by Crippen LogP contribution is -2.45. The van der Waals surface area contributed by atoms with Crippen molar-refractivity contribution in [3.63, 3.8) is 0 Å². The third-order valence-electron chi connectivity index (χ3n) is 3.18. The van der Waals surface area contributed by atoms with Gasteiger partial charge in [-0.15, -0.1) is 0 Å². The monoisotopic (exact) mass is 296 g/mol. The molecule has 1 unspecified atom stereocenters. The standard InChI is InChI=1S/C16H28N2O3/c1-3-20-16(21-4-2)12-18-11-15(19)14(17)10-13-8-6-5-7-9-13/h5-9,14-16,18-19H,3-4,10-12,17H2,1-2H3/t14?,15-/m0/s1. The highest BCUT2D eigenvalue weighted by molar-refractivity contribution is 5.16. The minimum atomic E-state index is -0.603. The van der Waals surface area contributed by atoms with E-state index < -0.39 is 6.10 Å². The lowest BCUT2D eigenvalue weighted by Gasteiger charge is -2.22. The zero-order valence-corrected chi connectivity index (χ0v) is 13.0. The van der Waals surface area contributed by atoms with Gasteiger partial charge in [0.15, 0.2) is 6.29 Å². The second-order valence-corrected chi connectivity index (χ2v) is 4.92. The van der Waals surface area contributed by atoms with Gasteiger partial charge in [0, 0.05) is 32.3 Å². The van der Waals surface area contributed by atoms with Gasteiger partial charge in [-0.05, 0) is 25.8 Å². The Hall–Kier alpha value is -0.980. The fourth-order valence-corrected chi connectivity index (χ4v) is 2.06. The first-order valence-electron chi connectivity index (χ1n) is 7.58. The number of hydrogen-bond acceptors (Lipinski definition) is 5. The molecule has 0 aliphatic carbocycles. The van der Waals surface area contributed by atoms with E-state index >= 15 is 0 Å². The minimum Gasteiger partial charge on any atom is -0.390 e. The predicted molar refractivity (Wildman–Crippen MR) is 84.0 cm³/mol. The molecule has 5 nitrogen and oxygen atoms in total. The van der Waals surface area contributed by atoms with E-state index in [1.54, 1.807) is 0 Å². The Balaban J connectivity index is 2.27. The van der Waals surface area contributed by atoms with Crippen molar-refractivity contribution in [2.24, 2.45) is 5.73 Å². The van der Waals surface area contributed by atoms with Crippen molar-refractivity contribution in [2.45, 2.75) is 38.7 Å². The van der Waals surface area contributed by atoms with Crippen molar-refractivity contribution in [1.29, 1.82) is 0 Å². The Morgan fingerprint density at radius 2 is 1.71 bits per heavy atom. The van der Waals surface area contributed by atoms with E-state index in [4.69, 9.17) is 15.2 Å². The Morgan fingerprint density at radius 1 is 1.10 bits per heavy atom. The Morgan fingerprint density at radius 3 is 2.29 bits per heavy atom. The second-order valence-electron chi connectivity index (χ2n) is 4.92. The van der Waals surface area contributed by atoms with Gasteiger partial charge < -0.3 is 25.6 Å². The quantitative estimate of drug-likeness (QED) is 0.529. The van der Waals surface area contributed by atoms with Gasteiger partial charge in [-0.3, -0.25) is 0 Å². The maximum absolute atomic E-state index is 10.1. The van der Waals surface area contributed by atoms with Crippen LogP contribution in [-0.4, -0.2) is 49.8 Å². The van der Waals surface area contributed by atoms with Crippen LogP contribution in [0.1, 0.15) is 19.4 Å². The van der Waals surface area contributed by atoms with Gasteiger partial charge >= 0.3 is 0 Å². The summed E-state index contributed by atoms with van der Waals surface area (Å²) in [5.74, 6) is 0. The molecule has 0 saturated carbocycles. The highest BCUT2D eigenvalue weighted by Crippen LogP contribution is 2.04. The van der Waals surface area contributed by atoms with E-state index in [1.807, 2.05) is 44.2 Å². The molecule has 0 amide bonds. The molecule has 5 heteroatoms. The molecular formula is C16H28N2O3. The molecule has 0 bridgehead atoms. The number of rotatable bonds is 11. The van der Waals surface area contributed by atoms with Crippen molar-refractivity contribution in [2.75, 3.05) is 26.3 Å². The van der Waals surface area contributed by atoms with Crippen LogP contribution in [-0.2, 0) is 15.9 Å². The number of aliphatic hydroxyl groups excluding tert-OH is 1. The van der Waals surface area contributed by atoms with Crippen LogP contribution in [0.2, 0.25) is 0 Å². The Kier molecular flexibility index (Phi) is 9.21. The number of hydrogen-bond donors (Lipinski definition) is 3. The van der Waals surface area contributed by atoms with Gasteiger partial charge in [-0.1, -0.05) is 30.3 Å². The lowest BCUT2D eigenvalue weighted by atomic mass is 10.0. The lowest BCUT2D eigenvalue weighted by molar-refractivity contribution is -0.133. The van der Waals surface area contributed by atoms with Crippen LogP contribution < -0.4 is 11.1 Å². The summed E-state index contributed by atoms with van der Waals surface area (Å²) < 4.78 is 10.8. The van der Waals surface area contributed by atoms with Gasteiger partial charge in [0.1, 0.15) is 0 Å². The smallest absolute Gasteiger partial charge is 0.169 e. The van der Waals surface area contributed by atoms with Crippen LogP contribution in [0.15, 0.2) is 30.3 Å². The summed E-state index contributed by atoms with van der Waals surface area (Å²) in [5, 5.41) is 13.2. The fraction of sp³-hybridized carbons (Fsp3) is 0.625. The third-order valence-corrected chi connectivity index (χ3v) is 3.18. The molecule has 0 saturated heterocycles. The summed E-state index contributed by atoms with van der Waals surface area (Å²) in [4.78, 5) is 0. The summed E-state index contributed by atoms with van der Waals surface area (Å²) in [7, 11) is 0. The average Bonchev–Trinajstić information content (AvgIpc) is 2.48. The number of nitrogens with two attached hydrogens (primary N) is 1. The molecule has 0 heterocycles. The molecule has 120 valence electrons. The highest BCUT2D eigenvalue weighted by atomic mass is 16.7. The van der Waals surface area contributed by atoms with Crippen LogP contribution in [0.25, 0.3) is 0 Å². The number of nitrogens with one attached hydrogen (secondary N) is 1. The predicted octanol–water partition coefficient (Wildman–Crippen LogP) is 0.906. The molecule has 0 fully saturated rings. The van der Waals surface area contributed by atoms with Crippen molar-refractivity contribution in [1.82, 2.24) is 5.32 Å². The number of ether oxygens (including phenoxy) is 2. The van der Waals surface area contributed by atoms with Crippen molar-refractivity contribution >= 4 is 0 Å². The van der Waals surface area contributed by atoms with Crippen molar-refractivity contribution < 1.29 is 14.6 Å². The maximum Gasteiger partial charge on any atom is 0.169 e. The first kappa shape index (κ1) is 18.1. The van der Waals surface area contributed by atoms with Crippen LogP contribution in [0.3, 0.4) is 0 Å². The molecule has 0 aliphatic heterocycles. The Labute approximate surface area is 127 Å². The van der Waals surface area contributed by atoms with Crippen LogP contribution in [0, 0.1) is 0 Å². The molecule has 2 atom stereocenters. The Bertz CT molecular complexity index is 356. The SMILES string of the molecule is CCOC(CNC[C@H](O)C(N)Cc1ccccc1)OCC. The molecule has 4 N–H and O–H groups in total. The van der Waals surface area contributed by atoms with Crippen LogP contribution >= 0.6 is 0 Å². The molecule has 1 aromatic rings. The zero-order chi connectivity index (χ0) is 15.5. The van der Waals surface area contributed by atoms with E-state index in [0.29, 0.717) is 32.7 Å². The maximum atomic E-state index is 10.1. The fourth-order valence-electron chi connectivity index (χ4n) is 2.06. The number of aliphatic hydroxyl groups is 1. The van der Waals surface area contributed by atoms with Gasteiger partial charge in [-0.25, -0.2) is 0 Å². The molecule has 0 aliphatic rings. The summed E-state index contributed by atoms with van der Waals surface area (Å²) in [6.07, 6.45) is -0.226. The topological polar surface area (TPSA) is 76.7 Å². The number of benzene rings is 1. The zero-order valence-electron chi connectivity index (χ0n) is 13.0. The summed E-state index contributed by atoms with van der Waals surface area (Å²) in [6.45, 7) is 6.01. The van der Waals surface area contributed by atoms with Crippen molar-refractivity contribution in [3.05, 3.63) is 35.9 Å². The van der Waals surface area contributed by atoms with Gasteiger partial charge in [0.2, 0.25) is 0 Å². The summed E-state index contributed by atoms with van der Waals surface area (Å²) in [6, 6.07) is 9.65. The molecule has 0 aromatic heterocycles. The van der Waals surface area contributed by atoms with E-state index in [0.717, 1.165) is 5.56 Å². The molecular weight excluding hydrogens is 268 g/mol. The molecule has 1 rings (SSSR count). The first-order chi connectivity index (χ1) is 10.2. The average molecular weight is 296 g/mol. The van der Waals surface area contributed by atoms with Crippen molar-refractivity contribution in [3.8, 4) is 0 Å². The first-order valence-corrected chi connectivity index (χ1v) is 7.58. The molecule has 0 radical (unpaired) electrons. The summed E-state index contributed by atoms with van der Waals surface area (Å²) in [5.41, 5.74) is 7.16. The third kappa shape index (κ3) is 7.55. The normalized spacial score (nSPS) is 14.3. The van der Waals surface area contributed by atoms with Gasteiger partial charge in [0.25, 0.3) is 0 Å². The van der Waals surface area contributed by atoms with Crippen LogP contribution in [0.5, 0.6) is 0 Å². The molecule has 0 spiro atoms.